The quantitative estimate of drug-likeness (QED) is 0.326. The van der Waals surface area contributed by atoms with Gasteiger partial charge in [-0.1, -0.05) is 66.7 Å². The highest BCUT2D eigenvalue weighted by Gasteiger charge is 2.41. The summed E-state index contributed by atoms with van der Waals surface area (Å²) in [6.07, 6.45) is 1.67. The molecule has 0 fully saturated rings. The predicted molar refractivity (Wildman–Crippen MR) is 154 cm³/mol. The summed E-state index contributed by atoms with van der Waals surface area (Å²) in [5.41, 5.74) is 5.65. The summed E-state index contributed by atoms with van der Waals surface area (Å²) in [6, 6.07) is 25.7. The van der Waals surface area contributed by atoms with Crippen LogP contribution in [-0.4, -0.2) is 32.1 Å². The molecule has 0 saturated carbocycles. The highest BCUT2D eigenvalue weighted by Crippen LogP contribution is 2.47. The van der Waals surface area contributed by atoms with Crippen LogP contribution < -0.4 is 14.8 Å². The van der Waals surface area contributed by atoms with E-state index in [0.29, 0.717) is 54.2 Å². The lowest BCUT2D eigenvalue weighted by molar-refractivity contribution is -0.139. The normalized spacial score (nSPS) is 18.6. The Balaban J connectivity index is 1.51. The first-order chi connectivity index (χ1) is 19.5. The van der Waals surface area contributed by atoms with Gasteiger partial charge in [0.2, 0.25) is 0 Å². The molecule has 0 bridgehead atoms. The maximum atomic E-state index is 13.9. The number of methoxy groups -OCH3 is 1. The van der Waals surface area contributed by atoms with E-state index >= 15 is 0 Å². The van der Waals surface area contributed by atoms with Gasteiger partial charge >= 0.3 is 5.97 Å². The van der Waals surface area contributed by atoms with E-state index in [1.54, 1.807) is 7.11 Å². The third kappa shape index (κ3) is 5.67. The van der Waals surface area contributed by atoms with Crippen LogP contribution in [0.2, 0.25) is 0 Å². The molecule has 5 rings (SSSR count). The molecule has 1 N–H and O–H groups in total. The Bertz CT molecular complexity index is 1440. The number of hydrogen-bond donors (Lipinski definition) is 1. The fraction of sp³-hybridized carbons (Fsp3) is 0.294. The number of carbonyl (C=O) groups is 2. The van der Waals surface area contributed by atoms with Crippen molar-refractivity contribution in [1.29, 1.82) is 0 Å². The maximum Gasteiger partial charge on any atom is 0.336 e. The summed E-state index contributed by atoms with van der Waals surface area (Å²) >= 11 is 0. The van der Waals surface area contributed by atoms with E-state index in [2.05, 4.69) is 17.4 Å². The van der Waals surface area contributed by atoms with Crippen LogP contribution in [-0.2, 0) is 20.7 Å². The molecule has 40 heavy (non-hydrogen) atoms. The standard InChI is InChI=1S/C34H35NO5/c1-4-39-29-16-15-25(21-30(29)38-3)32-31(34(37)40-18-17-23-11-7-5-8-12-23)22(2)35-27-19-26(20-28(36)33(27)32)24-13-9-6-10-14-24/h5-16,21,26,32,35H,4,17-20H2,1-3H3. The number of nitrogens with one attached hydrogen (secondary N) is 1. The van der Waals surface area contributed by atoms with Crippen molar-refractivity contribution in [2.45, 2.75) is 44.9 Å². The zero-order valence-electron chi connectivity index (χ0n) is 23.2. The molecule has 0 amide bonds. The van der Waals surface area contributed by atoms with Crippen molar-refractivity contribution in [2.75, 3.05) is 20.3 Å². The van der Waals surface area contributed by atoms with Crippen LogP contribution in [0.15, 0.2) is 101 Å². The van der Waals surface area contributed by atoms with Crippen molar-refractivity contribution in [2.24, 2.45) is 0 Å². The Hall–Kier alpha value is -4.32. The number of Topliss-reactive ketones (excluding diaryl/α,β-unsaturated/α-hetero) is 1. The first-order valence-electron chi connectivity index (χ1n) is 13.8. The molecule has 2 aliphatic rings. The van der Waals surface area contributed by atoms with E-state index in [1.165, 1.54) is 0 Å². The second-order valence-corrected chi connectivity index (χ2v) is 10.1. The molecule has 0 saturated heterocycles. The minimum Gasteiger partial charge on any atom is -0.493 e. The molecule has 0 spiro atoms. The Kier molecular flexibility index (Phi) is 8.34. The highest BCUT2D eigenvalue weighted by atomic mass is 16.5. The smallest absolute Gasteiger partial charge is 0.336 e. The summed E-state index contributed by atoms with van der Waals surface area (Å²) in [4.78, 5) is 27.5. The summed E-state index contributed by atoms with van der Waals surface area (Å²) < 4.78 is 17.2. The van der Waals surface area contributed by atoms with Gasteiger partial charge in [-0.25, -0.2) is 4.79 Å². The Morgan fingerprint density at radius 3 is 2.35 bits per heavy atom. The summed E-state index contributed by atoms with van der Waals surface area (Å²) in [6.45, 7) is 4.54. The van der Waals surface area contributed by atoms with Crippen LogP contribution in [0.25, 0.3) is 0 Å². The number of ether oxygens (including phenoxy) is 3. The van der Waals surface area contributed by atoms with Crippen molar-refractivity contribution in [3.63, 3.8) is 0 Å². The summed E-state index contributed by atoms with van der Waals surface area (Å²) in [5.74, 6) is 0.270. The molecular weight excluding hydrogens is 502 g/mol. The monoisotopic (exact) mass is 537 g/mol. The lowest BCUT2D eigenvalue weighted by atomic mass is 9.71. The molecule has 1 aliphatic carbocycles. The largest absolute Gasteiger partial charge is 0.493 e. The zero-order chi connectivity index (χ0) is 28.1. The van der Waals surface area contributed by atoms with Gasteiger partial charge in [-0.05, 0) is 55.0 Å². The number of dihydropyridines is 1. The van der Waals surface area contributed by atoms with Gasteiger partial charge in [-0.15, -0.1) is 0 Å². The molecule has 206 valence electrons. The van der Waals surface area contributed by atoms with Crippen molar-refractivity contribution in [3.8, 4) is 11.5 Å². The minimum atomic E-state index is -0.575. The third-order valence-electron chi connectivity index (χ3n) is 7.61. The second-order valence-electron chi connectivity index (χ2n) is 10.1. The molecular formula is C34H35NO5. The van der Waals surface area contributed by atoms with Gasteiger partial charge in [-0.3, -0.25) is 4.79 Å². The molecule has 3 aromatic rings. The van der Waals surface area contributed by atoms with E-state index in [9.17, 15) is 9.59 Å². The molecule has 1 heterocycles. The Morgan fingerprint density at radius 1 is 0.925 bits per heavy atom. The van der Waals surface area contributed by atoms with Crippen molar-refractivity contribution in [1.82, 2.24) is 5.32 Å². The van der Waals surface area contributed by atoms with Crippen LogP contribution >= 0.6 is 0 Å². The van der Waals surface area contributed by atoms with Gasteiger partial charge in [-0.2, -0.15) is 0 Å². The number of rotatable bonds is 9. The molecule has 0 aromatic heterocycles. The number of carbonyl (C=O) groups excluding carboxylic acids is 2. The SMILES string of the molecule is CCOc1ccc(C2C(C(=O)OCCc3ccccc3)=C(C)NC3=C2C(=O)CC(c2ccccc2)C3)cc1OC. The lowest BCUT2D eigenvalue weighted by Crippen LogP contribution is -2.36. The highest BCUT2D eigenvalue weighted by molar-refractivity contribution is 6.04. The number of hydrogen-bond acceptors (Lipinski definition) is 6. The van der Waals surface area contributed by atoms with Gasteiger partial charge in [0.1, 0.15) is 0 Å². The first kappa shape index (κ1) is 27.3. The van der Waals surface area contributed by atoms with Gasteiger partial charge < -0.3 is 19.5 Å². The average Bonchev–Trinajstić information content (AvgIpc) is 2.97. The van der Waals surface area contributed by atoms with E-state index in [-0.39, 0.29) is 18.3 Å². The van der Waals surface area contributed by atoms with E-state index in [0.717, 1.165) is 22.4 Å². The van der Waals surface area contributed by atoms with Gasteiger partial charge in [0.05, 0.1) is 25.9 Å². The van der Waals surface area contributed by atoms with E-state index in [1.807, 2.05) is 80.6 Å². The van der Waals surface area contributed by atoms with Crippen LogP contribution in [0.3, 0.4) is 0 Å². The predicted octanol–water partition coefficient (Wildman–Crippen LogP) is 6.24. The van der Waals surface area contributed by atoms with E-state index < -0.39 is 11.9 Å². The molecule has 6 nitrogen and oxygen atoms in total. The molecule has 2 unspecified atom stereocenters. The van der Waals surface area contributed by atoms with Crippen molar-refractivity contribution >= 4 is 11.8 Å². The number of benzene rings is 3. The third-order valence-corrected chi connectivity index (χ3v) is 7.61. The van der Waals surface area contributed by atoms with Crippen molar-refractivity contribution in [3.05, 3.63) is 118 Å². The van der Waals surface area contributed by atoms with Crippen LogP contribution in [0.5, 0.6) is 11.5 Å². The Morgan fingerprint density at radius 2 is 1.65 bits per heavy atom. The molecule has 1 aliphatic heterocycles. The molecule has 3 aromatic carbocycles. The molecule has 0 radical (unpaired) electrons. The number of esters is 1. The fourth-order valence-corrected chi connectivity index (χ4v) is 5.73. The van der Waals surface area contributed by atoms with E-state index in [4.69, 9.17) is 14.2 Å². The van der Waals surface area contributed by atoms with Gasteiger partial charge in [0.25, 0.3) is 0 Å². The van der Waals surface area contributed by atoms with Crippen LogP contribution in [0.1, 0.15) is 55.2 Å². The molecule has 6 heteroatoms. The number of allylic oxidation sites excluding steroid dienone is 3. The molecule has 2 atom stereocenters. The fourth-order valence-electron chi connectivity index (χ4n) is 5.73. The van der Waals surface area contributed by atoms with Crippen LogP contribution in [0, 0.1) is 0 Å². The average molecular weight is 538 g/mol. The second kappa shape index (κ2) is 12.2. The summed E-state index contributed by atoms with van der Waals surface area (Å²) in [5, 5.41) is 3.43. The topological polar surface area (TPSA) is 73.9 Å². The summed E-state index contributed by atoms with van der Waals surface area (Å²) in [7, 11) is 1.59. The van der Waals surface area contributed by atoms with Crippen molar-refractivity contribution < 1.29 is 23.8 Å². The minimum absolute atomic E-state index is 0.0301. The van der Waals surface area contributed by atoms with Gasteiger partial charge in [0, 0.05) is 35.7 Å². The number of ketones is 1. The van der Waals surface area contributed by atoms with Crippen LogP contribution in [0.4, 0.5) is 0 Å². The van der Waals surface area contributed by atoms with Gasteiger partial charge in [0.15, 0.2) is 17.3 Å². The lowest BCUT2D eigenvalue weighted by Gasteiger charge is -2.37. The zero-order valence-corrected chi connectivity index (χ0v) is 23.2. The Labute approximate surface area is 235 Å². The first-order valence-corrected chi connectivity index (χ1v) is 13.8. The maximum absolute atomic E-state index is 13.9.